The van der Waals surface area contributed by atoms with Crippen LogP contribution in [0.15, 0.2) is 18.2 Å². The van der Waals surface area contributed by atoms with E-state index in [0.29, 0.717) is 12.2 Å². The molecule has 0 aliphatic carbocycles. The maximum absolute atomic E-state index is 13.5. The lowest BCUT2D eigenvalue weighted by atomic mass is 10.1. The molecule has 0 fully saturated rings. The third-order valence-corrected chi connectivity index (χ3v) is 2.79. The Morgan fingerprint density at radius 3 is 2.65 bits per heavy atom. The molecule has 0 saturated carbocycles. The summed E-state index contributed by atoms with van der Waals surface area (Å²) in [5.41, 5.74) is 0.347. The van der Waals surface area contributed by atoms with Crippen LogP contribution >= 0.6 is 0 Å². The van der Waals surface area contributed by atoms with E-state index in [-0.39, 0.29) is 12.1 Å². The fraction of sp³-hybridized carbons (Fsp3) is 0.538. The van der Waals surface area contributed by atoms with Gasteiger partial charge in [-0.15, -0.1) is 0 Å². The Labute approximate surface area is 101 Å². The molecule has 1 rings (SSSR count). The normalized spacial score (nSPS) is 14.6. The molecule has 1 N–H and O–H groups in total. The minimum atomic E-state index is -0.809. The zero-order valence-electron chi connectivity index (χ0n) is 10.5. The first kappa shape index (κ1) is 14.1. The second-order valence-corrected chi connectivity index (χ2v) is 4.09. The Bertz CT molecular complexity index is 357. The van der Waals surface area contributed by atoms with Gasteiger partial charge in [0.05, 0.1) is 6.61 Å². The van der Waals surface area contributed by atoms with E-state index in [1.54, 1.807) is 13.2 Å². The zero-order valence-corrected chi connectivity index (χ0v) is 10.5. The molecular weight excluding hydrogens is 224 g/mol. The highest BCUT2D eigenvalue weighted by molar-refractivity contribution is 5.22. The van der Waals surface area contributed by atoms with Crippen molar-refractivity contribution in [3.05, 3.63) is 35.4 Å². The summed E-state index contributed by atoms with van der Waals surface area (Å²) in [7, 11) is 1.62. The molecular formula is C13H19F2NO. The van der Waals surface area contributed by atoms with Crippen LogP contribution in [0.25, 0.3) is 0 Å². The lowest BCUT2D eigenvalue weighted by Gasteiger charge is -2.22. The summed E-state index contributed by atoms with van der Waals surface area (Å²) >= 11 is 0. The van der Waals surface area contributed by atoms with E-state index in [4.69, 9.17) is 4.74 Å². The van der Waals surface area contributed by atoms with Gasteiger partial charge in [0.25, 0.3) is 0 Å². The molecule has 2 atom stereocenters. The molecule has 0 bridgehead atoms. The van der Waals surface area contributed by atoms with Gasteiger partial charge in [-0.2, -0.15) is 0 Å². The Morgan fingerprint density at radius 2 is 2.06 bits per heavy atom. The van der Waals surface area contributed by atoms with Crippen molar-refractivity contribution in [3.8, 4) is 0 Å². The topological polar surface area (TPSA) is 21.3 Å². The van der Waals surface area contributed by atoms with E-state index in [0.717, 1.165) is 12.5 Å². The van der Waals surface area contributed by atoms with Crippen LogP contribution in [0.5, 0.6) is 0 Å². The number of ether oxygens (including phenoxy) is 1. The third-order valence-electron chi connectivity index (χ3n) is 2.79. The van der Waals surface area contributed by atoms with Crippen molar-refractivity contribution in [3.63, 3.8) is 0 Å². The van der Waals surface area contributed by atoms with Gasteiger partial charge in [-0.05, 0) is 19.4 Å². The van der Waals surface area contributed by atoms with Gasteiger partial charge in [0.1, 0.15) is 0 Å². The maximum atomic E-state index is 13.5. The molecule has 1 aromatic carbocycles. The fourth-order valence-electron chi connectivity index (χ4n) is 1.78. The SMILES string of the molecule is CCC(COC)NC(C)c1cccc(F)c1F. The molecule has 0 aliphatic rings. The van der Waals surface area contributed by atoms with Gasteiger partial charge in [-0.25, -0.2) is 8.78 Å². The molecule has 0 saturated heterocycles. The highest BCUT2D eigenvalue weighted by Gasteiger charge is 2.16. The minimum Gasteiger partial charge on any atom is -0.383 e. The van der Waals surface area contributed by atoms with Gasteiger partial charge < -0.3 is 10.1 Å². The van der Waals surface area contributed by atoms with E-state index in [9.17, 15) is 8.78 Å². The number of nitrogens with one attached hydrogen (secondary N) is 1. The van der Waals surface area contributed by atoms with Crippen LogP contribution in [0.2, 0.25) is 0 Å². The van der Waals surface area contributed by atoms with Gasteiger partial charge in [0.15, 0.2) is 11.6 Å². The van der Waals surface area contributed by atoms with Crippen molar-refractivity contribution >= 4 is 0 Å². The third kappa shape index (κ3) is 3.75. The van der Waals surface area contributed by atoms with Gasteiger partial charge in [0.2, 0.25) is 0 Å². The van der Waals surface area contributed by atoms with E-state index >= 15 is 0 Å². The second-order valence-electron chi connectivity index (χ2n) is 4.09. The highest BCUT2D eigenvalue weighted by atomic mass is 19.2. The zero-order chi connectivity index (χ0) is 12.8. The van der Waals surface area contributed by atoms with Crippen molar-refractivity contribution in [1.82, 2.24) is 5.32 Å². The van der Waals surface area contributed by atoms with Crippen LogP contribution < -0.4 is 5.32 Å². The predicted molar refractivity (Wildman–Crippen MR) is 63.9 cm³/mol. The van der Waals surface area contributed by atoms with Crippen LogP contribution in [0.4, 0.5) is 8.78 Å². The van der Waals surface area contributed by atoms with Crippen molar-refractivity contribution < 1.29 is 13.5 Å². The first-order valence-electron chi connectivity index (χ1n) is 5.79. The van der Waals surface area contributed by atoms with Crippen LogP contribution in [-0.4, -0.2) is 19.8 Å². The molecule has 2 nitrogen and oxygen atoms in total. The quantitative estimate of drug-likeness (QED) is 0.829. The molecule has 1 aromatic rings. The molecule has 4 heteroatoms. The average molecular weight is 243 g/mol. The summed E-state index contributed by atoms with van der Waals surface area (Å²) in [4.78, 5) is 0. The highest BCUT2D eigenvalue weighted by Crippen LogP contribution is 2.19. The van der Waals surface area contributed by atoms with Crippen LogP contribution in [0, 0.1) is 11.6 Å². The molecule has 0 amide bonds. The van der Waals surface area contributed by atoms with E-state index in [1.165, 1.54) is 6.07 Å². The number of hydrogen-bond donors (Lipinski definition) is 1. The molecule has 17 heavy (non-hydrogen) atoms. The lowest BCUT2D eigenvalue weighted by Crippen LogP contribution is -2.35. The minimum absolute atomic E-state index is 0.137. The van der Waals surface area contributed by atoms with Gasteiger partial charge in [-0.1, -0.05) is 19.1 Å². The summed E-state index contributed by atoms with van der Waals surface area (Å²) in [5, 5.41) is 3.22. The van der Waals surface area contributed by atoms with Gasteiger partial charge in [-0.3, -0.25) is 0 Å². The Kier molecular flexibility index (Phi) is 5.51. The fourth-order valence-corrected chi connectivity index (χ4v) is 1.78. The number of halogens is 2. The summed E-state index contributed by atoms with van der Waals surface area (Å²) in [6.45, 7) is 4.39. The number of hydrogen-bond acceptors (Lipinski definition) is 2. The number of methoxy groups -OCH3 is 1. The predicted octanol–water partition coefficient (Wildman–Crippen LogP) is 3.04. The number of rotatable bonds is 6. The monoisotopic (exact) mass is 243 g/mol. The average Bonchev–Trinajstić information content (AvgIpc) is 2.31. The maximum Gasteiger partial charge on any atom is 0.163 e. The summed E-state index contributed by atoms with van der Waals surface area (Å²) in [6.07, 6.45) is 0.870. The van der Waals surface area contributed by atoms with Gasteiger partial charge in [0, 0.05) is 24.8 Å². The van der Waals surface area contributed by atoms with Crippen molar-refractivity contribution in [2.24, 2.45) is 0 Å². The first-order valence-corrected chi connectivity index (χ1v) is 5.79. The molecule has 0 aromatic heterocycles. The van der Waals surface area contributed by atoms with E-state index in [1.807, 2.05) is 13.8 Å². The number of benzene rings is 1. The second kappa shape index (κ2) is 6.67. The van der Waals surface area contributed by atoms with Crippen molar-refractivity contribution in [1.29, 1.82) is 0 Å². The van der Waals surface area contributed by atoms with Crippen molar-refractivity contribution in [2.45, 2.75) is 32.4 Å². The van der Waals surface area contributed by atoms with Crippen LogP contribution in [-0.2, 0) is 4.74 Å². The summed E-state index contributed by atoms with van der Waals surface area (Å²) in [6, 6.07) is 4.13. The Balaban J connectivity index is 2.75. The molecule has 96 valence electrons. The first-order chi connectivity index (χ1) is 8.10. The van der Waals surface area contributed by atoms with Crippen molar-refractivity contribution in [2.75, 3.05) is 13.7 Å². The lowest BCUT2D eigenvalue weighted by molar-refractivity contribution is 0.159. The van der Waals surface area contributed by atoms with Gasteiger partial charge >= 0.3 is 0 Å². The largest absolute Gasteiger partial charge is 0.383 e. The Morgan fingerprint density at radius 1 is 1.35 bits per heavy atom. The smallest absolute Gasteiger partial charge is 0.163 e. The summed E-state index contributed by atoms with van der Waals surface area (Å²) < 4.78 is 31.7. The molecule has 0 radical (unpaired) electrons. The van der Waals surface area contributed by atoms with Crippen LogP contribution in [0.1, 0.15) is 31.9 Å². The van der Waals surface area contributed by atoms with Crippen LogP contribution in [0.3, 0.4) is 0 Å². The summed E-state index contributed by atoms with van der Waals surface area (Å²) in [5.74, 6) is -1.59. The molecule has 0 heterocycles. The van der Waals surface area contributed by atoms with E-state index in [2.05, 4.69) is 5.32 Å². The Hall–Kier alpha value is -1.00. The molecule has 2 unspecified atom stereocenters. The molecule has 0 spiro atoms. The van der Waals surface area contributed by atoms with E-state index < -0.39 is 11.6 Å². The standard InChI is InChI=1S/C13H19F2NO/c1-4-10(8-17-3)16-9(2)11-6-5-7-12(14)13(11)15/h5-7,9-10,16H,4,8H2,1-3H3. The molecule has 0 aliphatic heterocycles.